The third kappa shape index (κ3) is 2.55. The first-order chi connectivity index (χ1) is 7.74. The van der Waals surface area contributed by atoms with Crippen LogP contribution in [0.1, 0.15) is 18.4 Å². The van der Waals surface area contributed by atoms with E-state index in [9.17, 15) is 0 Å². The molecule has 3 nitrogen and oxygen atoms in total. The van der Waals surface area contributed by atoms with Gasteiger partial charge < -0.3 is 9.64 Å². The Hall–Kier alpha value is -0.610. The Kier molecular flexibility index (Phi) is 3.82. The van der Waals surface area contributed by atoms with Gasteiger partial charge in [0, 0.05) is 25.9 Å². The first-order valence-electron chi connectivity index (χ1n) is 5.60. The first kappa shape index (κ1) is 11.9. The molecule has 0 atom stereocenters. The van der Waals surface area contributed by atoms with Crippen molar-refractivity contribution < 1.29 is 4.74 Å². The molecule has 0 radical (unpaired) electrons. The maximum absolute atomic E-state index is 5.16. The van der Waals surface area contributed by atoms with Gasteiger partial charge in [-0.3, -0.25) is 0 Å². The summed E-state index contributed by atoms with van der Waals surface area (Å²) in [4.78, 5) is 6.82. The van der Waals surface area contributed by atoms with Crippen LogP contribution in [0.15, 0.2) is 16.7 Å². The summed E-state index contributed by atoms with van der Waals surface area (Å²) in [5.41, 5.74) is 1.23. The van der Waals surface area contributed by atoms with E-state index in [0.717, 1.165) is 23.4 Å². The molecule has 0 saturated heterocycles. The molecule has 2 rings (SSSR count). The van der Waals surface area contributed by atoms with E-state index in [-0.39, 0.29) is 0 Å². The van der Waals surface area contributed by atoms with Crippen molar-refractivity contribution in [3.8, 4) is 0 Å². The summed E-state index contributed by atoms with van der Waals surface area (Å²) in [6.45, 7) is 3.76. The summed E-state index contributed by atoms with van der Waals surface area (Å²) in [5.74, 6) is 1.06. The van der Waals surface area contributed by atoms with E-state index in [2.05, 4.69) is 32.7 Å². The van der Waals surface area contributed by atoms with Crippen molar-refractivity contribution >= 4 is 21.7 Å². The molecule has 0 bridgehead atoms. The monoisotopic (exact) mass is 284 g/mol. The lowest BCUT2D eigenvalue weighted by atomic mass is 10.3. The van der Waals surface area contributed by atoms with Crippen molar-refractivity contribution in [1.82, 2.24) is 4.98 Å². The van der Waals surface area contributed by atoms with Gasteiger partial charge in [0.25, 0.3) is 0 Å². The van der Waals surface area contributed by atoms with Crippen LogP contribution in [0.25, 0.3) is 0 Å². The lowest BCUT2D eigenvalue weighted by Crippen LogP contribution is -2.30. The maximum Gasteiger partial charge on any atom is 0.143 e. The highest BCUT2D eigenvalue weighted by Crippen LogP contribution is 2.35. The predicted molar refractivity (Wildman–Crippen MR) is 68.9 cm³/mol. The molecule has 1 aliphatic carbocycles. The molecule has 0 aliphatic heterocycles. The topological polar surface area (TPSA) is 25.4 Å². The van der Waals surface area contributed by atoms with Crippen LogP contribution in [0.4, 0.5) is 5.82 Å². The molecule has 16 heavy (non-hydrogen) atoms. The van der Waals surface area contributed by atoms with Gasteiger partial charge in [-0.2, -0.15) is 0 Å². The number of nitrogens with zero attached hydrogens (tertiary/aromatic N) is 2. The zero-order chi connectivity index (χ0) is 11.5. The van der Waals surface area contributed by atoms with Gasteiger partial charge in [0.1, 0.15) is 5.82 Å². The van der Waals surface area contributed by atoms with Crippen LogP contribution in [0.2, 0.25) is 0 Å². The maximum atomic E-state index is 5.16. The van der Waals surface area contributed by atoms with Crippen molar-refractivity contribution in [2.45, 2.75) is 25.8 Å². The van der Waals surface area contributed by atoms with E-state index in [1.165, 1.54) is 18.4 Å². The lowest BCUT2D eigenvalue weighted by molar-refractivity contribution is 0.204. The highest BCUT2D eigenvalue weighted by Gasteiger charge is 2.30. The van der Waals surface area contributed by atoms with E-state index < -0.39 is 0 Å². The summed E-state index contributed by atoms with van der Waals surface area (Å²) < 4.78 is 6.27. The van der Waals surface area contributed by atoms with Crippen LogP contribution in [-0.4, -0.2) is 31.3 Å². The number of rotatable bonds is 5. The zero-order valence-corrected chi connectivity index (χ0v) is 11.3. The molecular formula is C12H17BrN2O. The van der Waals surface area contributed by atoms with E-state index in [4.69, 9.17) is 4.74 Å². The highest BCUT2D eigenvalue weighted by atomic mass is 79.9. The van der Waals surface area contributed by atoms with Gasteiger partial charge >= 0.3 is 0 Å². The van der Waals surface area contributed by atoms with E-state index >= 15 is 0 Å². The van der Waals surface area contributed by atoms with Gasteiger partial charge in [-0.1, -0.05) is 0 Å². The summed E-state index contributed by atoms with van der Waals surface area (Å²) >= 11 is 3.62. The zero-order valence-electron chi connectivity index (χ0n) is 9.74. The second-order valence-electron chi connectivity index (χ2n) is 4.18. The van der Waals surface area contributed by atoms with Crippen molar-refractivity contribution in [1.29, 1.82) is 0 Å². The number of hydrogen-bond donors (Lipinski definition) is 0. The molecular weight excluding hydrogens is 268 g/mol. The van der Waals surface area contributed by atoms with Crippen LogP contribution in [-0.2, 0) is 4.74 Å². The van der Waals surface area contributed by atoms with Crippen LogP contribution in [0, 0.1) is 6.92 Å². The standard InChI is InChI=1S/C12H17BrN2O/c1-9-5-6-14-12(11(9)13)15(7-8-16-2)10-3-4-10/h5-6,10H,3-4,7-8H2,1-2H3. The minimum atomic E-state index is 0.653. The van der Waals surface area contributed by atoms with E-state index in [1.807, 2.05) is 12.3 Å². The Morgan fingerprint density at radius 1 is 1.56 bits per heavy atom. The number of halogens is 1. The number of hydrogen-bond acceptors (Lipinski definition) is 3. The lowest BCUT2D eigenvalue weighted by Gasteiger charge is -2.24. The summed E-state index contributed by atoms with van der Waals surface area (Å²) in [5, 5.41) is 0. The number of anilines is 1. The Morgan fingerprint density at radius 2 is 2.31 bits per heavy atom. The molecule has 0 unspecified atom stereocenters. The molecule has 0 spiro atoms. The molecule has 1 aliphatic rings. The summed E-state index contributed by atoms with van der Waals surface area (Å²) in [6.07, 6.45) is 4.41. The third-order valence-corrected chi connectivity index (χ3v) is 3.84. The van der Waals surface area contributed by atoms with Crippen LogP contribution in [0.5, 0.6) is 0 Å². The molecule has 1 heterocycles. The Morgan fingerprint density at radius 3 is 2.94 bits per heavy atom. The normalized spacial score (nSPS) is 15.2. The minimum Gasteiger partial charge on any atom is -0.383 e. The number of aromatic nitrogens is 1. The number of ether oxygens (including phenoxy) is 1. The third-order valence-electron chi connectivity index (χ3n) is 2.86. The SMILES string of the molecule is COCCN(c1nccc(C)c1Br)C1CC1. The molecule has 0 aromatic carbocycles. The van der Waals surface area contributed by atoms with Gasteiger partial charge in [-0.15, -0.1) is 0 Å². The summed E-state index contributed by atoms with van der Waals surface area (Å²) in [7, 11) is 1.74. The van der Waals surface area contributed by atoms with Crippen molar-refractivity contribution in [2.24, 2.45) is 0 Å². The molecule has 1 aromatic rings. The highest BCUT2D eigenvalue weighted by molar-refractivity contribution is 9.10. The second kappa shape index (κ2) is 5.15. The number of aryl methyl sites for hydroxylation is 1. The Bertz CT molecular complexity index is 366. The molecule has 1 aromatic heterocycles. The quantitative estimate of drug-likeness (QED) is 0.831. The largest absolute Gasteiger partial charge is 0.383 e. The van der Waals surface area contributed by atoms with E-state index in [0.29, 0.717) is 6.04 Å². The number of pyridine rings is 1. The second-order valence-corrected chi connectivity index (χ2v) is 4.98. The fourth-order valence-electron chi connectivity index (χ4n) is 1.76. The molecule has 0 N–H and O–H groups in total. The van der Waals surface area contributed by atoms with Crippen molar-refractivity contribution in [3.05, 3.63) is 22.3 Å². The predicted octanol–water partition coefficient (Wildman–Crippen LogP) is 2.77. The van der Waals surface area contributed by atoms with Crippen molar-refractivity contribution in [3.63, 3.8) is 0 Å². The summed E-state index contributed by atoms with van der Waals surface area (Å²) in [6, 6.07) is 2.68. The van der Waals surface area contributed by atoms with Crippen LogP contribution < -0.4 is 4.90 Å². The van der Waals surface area contributed by atoms with Gasteiger partial charge in [-0.05, 0) is 47.3 Å². The first-order valence-corrected chi connectivity index (χ1v) is 6.40. The van der Waals surface area contributed by atoms with Gasteiger partial charge in [-0.25, -0.2) is 4.98 Å². The fraction of sp³-hybridized carbons (Fsp3) is 0.583. The molecule has 1 fully saturated rings. The molecule has 4 heteroatoms. The van der Waals surface area contributed by atoms with Crippen molar-refractivity contribution in [2.75, 3.05) is 25.2 Å². The van der Waals surface area contributed by atoms with Crippen LogP contribution >= 0.6 is 15.9 Å². The average molecular weight is 285 g/mol. The minimum absolute atomic E-state index is 0.653. The van der Waals surface area contributed by atoms with E-state index in [1.54, 1.807) is 7.11 Å². The number of methoxy groups -OCH3 is 1. The Labute approximate surface area is 105 Å². The fourth-order valence-corrected chi connectivity index (χ4v) is 2.23. The van der Waals surface area contributed by atoms with Gasteiger partial charge in [0.05, 0.1) is 11.1 Å². The average Bonchev–Trinajstić information content (AvgIpc) is 3.08. The van der Waals surface area contributed by atoms with Gasteiger partial charge in [0.2, 0.25) is 0 Å². The molecule has 88 valence electrons. The van der Waals surface area contributed by atoms with Gasteiger partial charge in [0.15, 0.2) is 0 Å². The molecule has 0 amide bonds. The molecule has 1 saturated carbocycles. The van der Waals surface area contributed by atoms with Crippen LogP contribution in [0.3, 0.4) is 0 Å². The Balaban J connectivity index is 2.20. The smallest absolute Gasteiger partial charge is 0.143 e.